The number of carbonyl (C=O) groups is 1. The summed E-state index contributed by atoms with van der Waals surface area (Å²) in [6.45, 7) is -0.127. The molecule has 6 heteroatoms. The first-order valence-electron chi connectivity index (χ1n) is 10.9. The second-order valence-electron chi connectivity index (χ2n) is 9.60. The van der Waals surface area contributed by atoms with Crippen molar-refractivity contribution in [2.45, 2.75) is 51.6 Å². The summed E-state index contributed by atoms with van der Waals surface area (Å²) < 4.78 is 5.60. The quantitative estimate of drug-likeness (QED) is 0.598. The lowest BCUT2D eigenvalue weighted by Gasteiger charge is -2.56. The van der Waals surface area contributed by atoms with E-state index in [9.17, 15) is 9.90 Å². The summed E-state index contributed by atoms with van der Waals surface area (Å²) in [6, 6.07) is 11.2. The Hall–Kier alpha value is -2.18. The molecule has 2 aromatic rings. The van der Waals surface area contributed by atoms with Crippen molar-refractivity contribution >= 4 is 28.9 Å². The van der Waals surface area contributed by atoms with E-state index in [0.29, 0.717) is 23.1 Å². The number of hydrogen-bond donors (Lipinski definition) is 3. The number of nitrogens with one attached hydrogen (secondary N) is 2. The largest absolute Gasteiger partial charge is 0.459 e. The van der Waals surface area contributed by atoms with Gasteiger partial charge in [0, 0.05) is 17.7 Å². The van der Waals surface area contributed by atoms with Crippen LogP contribution in [0.25, 0.3) is 11.3 Å². The molecule has 4 aliphatic carbocycles. The smallest absolute Gasteiger partial charge is 0.226 e. The number of hydrogen-bond acceptors (Lipinski definition) is 4. The molecule has 0 spiro atoms. The number of amides is 1. The summed E-state index contributed by atoms with van der Waals surface area (Å²) in [5.74, 6) is 3.75. The Morgan fingerprint density at radius 2 is 1.80 bits per heavy atom. The highest BCUT2D eigenvalue weighted by atomic mass is 32.1. The van der Waals surface area contributed by atoms with Crippen LogP contribution < -0.4 is 10.6 Å². The van der Waals surface area contributed by atoms with Crippen molar-refractivity contribution in [2.24, 2.45) is 23.2 Å². The van der Waals surface area contributed by atoms with Crippen LogP contribution in [0.5, 0.6) is 0 Å². The van der Waals surface area contributed by atoms with E-state index in [0.717, 1.165) is 29.0 Å². The van der Waals surface area contributed by atoms with Crippen molar-refractivity contribution in [1.82, 2.24) is 5.32 Å². The number of aliphatic hydroxyl groups is 1. The van der Waals surface area contributed by atoms with Crippen molar-refractivity contribution < 1.29 is 14.3 Å². The second-order valence-corrected chi connectivity index (χ2v) is 10.0. The van der Waals surface area contributed by atoms with Gasteiger partial charge in [-0.2, -0.15) is 0 Å². The Morgan fingerprint density at radius 3 is 2.43 bits per heavy atom. The lowest BCUT2D eigenvalue weighted by Crippen LogP contribution is -2.48. The third-order valence-corrected chi connectivity index (χ3v) is 7.38. The number of carbonyl (C=O) groups excluding carboxylic acids is 1. The normalized spacial score (nSPS) is 29.0. The zero-order valence-corrected chi connectivity index (χ0v) is 17.8. The van der Waals surface area contributed by atoms with Gasteiger partial charge in [0.05, 0.1) is 0 Å². The molecule has 1 aromatic heterocycles. The fraction of sp³-hybridized carbons (Fsp3) is 0.500. The molecule has 4 aliphatic rings. The summed E-state index contributed by atoms with van der Waals surface area (Å²) >= 11 is 5.40. The maximum Gasteiger partial charge on any atom is 0.226 e. The Kier molecular flexibility index (Phi) is 5.15. The monoisotopic (exact) mass is 424 g/mol. The summed E-state index contributed by atoms with van der Waals surface area (Å²) in [5.41, 5.74) is 1.87. The van der Waals surface area contributed by atoms with Gasteiger partial charge in [-0.3, -0.25) is 4.79 Å². The minimum Gasteiger partial charge on any atom is -0.459 e. The van der Waals surface area contributed by atoms with Gasteiger partial charge < -0.3 is 20.2 Å². The molecule has 1 amide bonds. The summed E-state index contributed by atoms with van der Waals surface area (Å²) in [7, 11) is 0. The van der Waals surface area contributed by atoms with E-state index >= 15 is 0 Å². The van der Waals surface area contributed by atoms with Crippen LogP contribution in [0.4, 0.5) is 5.69 Å². The molecule has 0 atom stereocenters. The van der Waals surface area contributed by atoms with Crippen molar-refractivity contribution in [3.8, 4) is 11.3 Å². The number of rotatable bonds is 5. The third-order valence-electron chi connectivity index (χ3n) is 7.18. The van der Waals surface area contributed by atoms with E-state index in [1.807, 2.05) is 30.3 Å². The van der Waals surface area contributed by atoms with E-state index in [1.165, 1.54) is 38.5 Å². The van der Waals surface area contributed by atoms with E-state index in [-0.39, 0.29) is 17.9 Å². The summed E-state index contributed by atoms with van der Waals surface area (Å²) in [6.07, 6.45) is 8.38. The molecule has 4 saturated carbocycles. The van der Waals surface area contributed by atoms with Gasteiger partial charge in [0.1, 0.15) is 18.1 Å². The van der Waals surface area contributed by atoms with Gasteiger partial charge in [0.15, 0.2) is 5.11 Å². The topological polar surface area (TPSA) is 74.5 Å². The first-order valence-corrected chi connectivity index (χ1v) is 11.3. The molecule has 4 fully saturated rings. The molecule has 0 saturated heterocycles. The Morgan fingerprint density at radius 1 is 1.10 bits per heavy atom. The van der Waals surface area contributed by atoms with Crippen LogP contribution in [0.3, 0.4) is 0 Å². The average Bonchev–Trinajstić information content (AvgIpc) is 3.15. The first kappa shape index (κ1) is 19.8. The van der Waals surface area contributed by atoms with Crippen molar-refractivity contribution in [3.05, 3.63) is 42.2 Å². The maximum absolute atomic E-state index is 12.8. The minimum atomic E-state index is -0.127. The number of benzene rings is 1. The standard InChI is InChI=1S/C24H28N2O3S/c27-14-20-4-5-21(29-20)18-2-1-3-19(9-18)25-23(30)26-22(28)13-24-10-15-6-16(11-24)8-17(7-15)12-24/h1-5,9,15-17,27H,6-8,10-14H2,(H2,25,26,28,30). The van der Waals surface area contributed by atoms with Gasteiger partial charge in [-0.25, -0.2) is 0 Å². The van der Waals surface area contributed by atoms with Gasteiger partial charge in [-0.05, 0) is 98.2 Å². The van der Waals surface area contributed by atoms with Crippen LogP contribution in [0.1, 0.15) is 50.7 Å². The lowest BCUT2D eigenvalue weighted by molar-refractivity contribution is -0.127. The Balaban J connectivity index is 1.19. The van der Waals surface area contributed by atoms with E-state index < -0.39 is 0 Å². The van der Waals surface area contributed by atoms with Crippen molar-refractivity contribution in [3.63, 3.8) is 0 Å². The molecular weight excluding hydrogens is 396 g/mol. The van der Waals surface area contributed by atoms with Crippen LogP contribution >= 0.6 is 12.2 Å². The zero-order chi connectivity index (χ0) is 20.7. The maximum atomic E-state index is 12.8. The van der Waals surface area contributed by atoms with E-state index in [2.05, 4.69) is 10.6 Å². The molecule has 0 unspecified atom stereocenters. The fourth-order valence-corrected chi connectivity index (χ4v) is 6.78. The van der Waals surface area contributed by atoms with Gasteiger partial charge in [-0.15, -0.1) is 0 Å². The lowest BCUT2D eigenvalue weighted by atomic mass is 9.49. The summed E-state index contributed by atoms with van der Waals surface area (Å²) in [5, 5.41) is 15.5. The predicted octanol–water partition coefficient (Wildman–Crippen LogP) is 4.86. The van der Waals surface area contributed by atoms with Crippen LogP contribution in [0.2, 0.25) is 0 Å². The predicted molar refractivity (Wildman–Crippen MR) is 120 cm³/mol. The molecule has 0 radical (unpaired) electrons. The highest BCUT2D eigenvalue weighted by Crippen LogP contribution is 2.61. The van der Waals surface area contributed by atoms with Gasteiger partial charge in [0.2, 0.25) is 5.91 Å². The van der Waals surface area contributed by atoms with Crippen LogP contribution in [-0.2, 0) is 11.4 Å². The Labute approximate surface area is 182 Å². The average molecular weight is 425 g/mol. The molecular formula is C24H28N2O3S. The van der Waals surface area contributed by atoms with Gasteiger partial charge in [-0.1, -0.05) is 12.1 Å². The van der Waals surface area contributed by atoms with Crippen LogP contribution in [-0.4, -0.2) is 16.1 Å². The highest BCUT2D eigenvalue weighted by Gasteiger charge is 2.51. The highest BCUT2D eigenvalue weighted by molar-refractivity contribution is 7.80. The number of thiocarbonyl (C=S) groups is 1. The third kappa shape index (κ3) is 4.03. The molecule has 1 heterocycles. The van der Waals surface area contributed by atoms with Crippen LogP contribution in [0.15, 0.2) is 40.8 Å². The SMILES string of the molecule is O=C(CC12CC3CC(CC(C3)C1)C2)NC(=S)Nc1cccc(-c2ccc(CO)o2)c1. The minimum absolute atomic E-state index is 0.0317. The van der Waals surface area contributed by atoms with E-state index in [4.69, 9.17) is 16.6 Å². The summed E-state index contributed by atoms with van der Waals surface area (Å²) in [4.78, 5) is 12.8. The fourth-order valence-electron chi connectivity index (χ4n) is 6.55. The molecule has 5 nitrogen and oxygen atoms in total. The molecule has 0 aliphatic heterocycles. The Bertz CT molecular complexity index is 932. The molecule has 6 rings (SSSR count). The van der Waals surface area contributed by atoms with Crippen molar-refractivity contribution in [1.29, 1.82) is 0 Å². The number of furan rings is 1. The van der Waals surface area contributed by atoms with Gasteiger partial charge in [0.25, 0.3) is 0 Å². The molecule has 158 valence electrons. The van der Waals surface area contributed by atoms with Crippen molar-refractivity contribution in [2.75, 3.05) is 5.32 Å². The van der Waals surface area contributed by atoms with Gasteiger partial charge >= 0.3 is 0 Å². The van der Waals surface area contributed by atoms with Crippen LogP contribution in [0, 0.1) is 23.2 Å². The first-order chi connectivity index (χ1) is 14.5. The van der Waals surface area contributed by atoms with E-state index in [1.54, 1.807) is 6.07 Å². The molecule has 30 heavy (non-hydrogen) atoms. The second kappa shape index (κ2) is 7.82. The number of anilines is 1. The zero-order valence-electron chi connectivity index (χ0n) is 17.0. The molecule has 1 aromatic carbocycles. The molecule has 3 N–H and O–H groups in total. The molecule has 4 bridgehead atoms. The number of aliphatic hydroxyl groups excluding tert-OH is 1.